The zero-order chi connectivity index (χ0) is 21.0. The van der Waals surface area contributed by atoms with E-state index in [-0.39, 0.29) is 29.2 Å². The zero-order valence-corrected chi connectivity index (χ0v) is 19.4. The summed E-state index contributed by atoms with van der Waals surface area (Å²) in [5, 5.41) is 0. The van der Waals surface area contributed by atoms with Gasteiger partial charge in [0.05, 0.1) is 11.8 Å². The van der Waals surface area contributed by atoms with Crippen LogP contribution < -0.4 is 4.72 Å². The minimum absolute atomic E-state index is 0.0371. The van der Waals surface area contributed by atoms with Crippen molar-refractivity contribution >= 4 is 31.6 Å². The Morgan fingerprint density at radius 3 is 2.67 bits per heavy atom. The first-order chi connectivity index (χ1) is 14.2. The smallest absolute Gasteiger partial charge is 0.232 e. The molecule has 2 bridgehead atoms. The fraction of sp³-hybridized carbons (Fsp3) is 0.478. The second-order valence-electron chi connectivity index (χ2n) is 9.42. The highest BCUT2D eigenvalue weighted by Crippen LogP contribution is 2.75. The summed E-state index contributed by atoms with van der Waals surface area (Å²) in [5.74, 6) is 1.01. The predicted octanol–water partition coefficient (Wildman–Crippen LogP) is 4.95. The molecule has 2 aromatic rings. The summed E-state index contributed by atoms with van der Waals surface area (Å²) >= 11 is 3.50. The van der Waals surface area contributed by atoms with E-state index in [1.807, 2.05) is 18.2 Å². The maximum atomic E-state index is 15.4. The lowest BCUT2D eigenvalue weighted by molar-refractivity contribution is -0.208. The highest BCUT2D eigenvalue weighted by atomic mass is 79.9. The Morgan fingerprint density at radius 1 is 1.23 bits per heavy atom. The Balaban J connectivity index is 1.52. The van der Waals surface area contributed by atoms with Gasteiger partial charge >= 0.3 is 0 Å². The quantitative estimate of drug-likeness (QED) is 0.662. The van der Waals surface area contributed by atoms with Crippen molar-refractivity contribution in [3.8, 4) is 0 Å². The van der Waals surface area contributed by atoms with E-state index in [1.54, 1.807) is 13.0 Å². The van der Waals surface area contributed by atoms with E-state index in [2.05, 4.69) is 38.5 Å². The van der Waals surface area contributed by atoms with Crippen molar-refractivity contribution in [2.75, 3.05) is 10.5 Å². The Labute approximate surface area is 185 Å². The normalized spacial score (nSPS) is 33.3. The molecule has 3 fully saturated rings. The number of rotatable bonds is 3. The highest BCUT2D eigenvalue weighted by Gasteiger charge is 2.73. The number of benzene rings is 2. The molecular weight excluding hydrogens is 467 g/mol. The summed E-state index contributed by atoms with van der Waals surface area (Å²) in [5.41, 5.74) is 4.96. The number of fused-ring (bicyclic) bond motifs is 5. The van der Waals surface area contributed by atoms with E-state index in [4.69, 9.17) is 0 Å². The summed E-state index contributed by atoms with van der Waals surface area (Å²) in [4.78, 5) is 2.59. The molecule has 158 valence electrons. The minimum Gasteiger partial charge on any atom is -0.284 e. The van der Waals surface area contributed by atoms with Crippen LogP contribution in [-0.4, -0.2) is 30.7 Å². The predicted molar refractivity (Wildman–Crippen MR) is 119 cm³/mol. The number of anilines is 1. The molecule has 2 heterocycles. The van der Waals surface area contributed by atoms with Crippen LogP contribution in [-0.2, 0) is 16.4 Å². The number of hydrogen-bond acceptors (Lipinski definition) is 3. The van der Waals surface area contributed by atoms with Gasteiger partial charge in [-0.1, -0.05) is 22.0 Å². The van der Waals surface area contributed by atoms with Crippen molar-refractivity contribution in [1.29, 1.82) is 0 Å². The van der Waals surface area contributed by atoms with Gasteiger partial charge in [-0.15, -0.1) is 0 Å². The van der Waals surface area contributed by atoms with Crippen molar-refractivity contribution in [3.63, 3.8) is 0 Å². The molecule has 3 atom stereocenters. The maximum Gasteiger partial charge on any atom is 0.232 e. The second kappa shape index (κ2) is 6.08. The molecule has 7 rings (SSSR count). The van der Waals surface area contributed by atoms with Gasteiger partial charge in [0.2, 0.25) is 10.0 Å². The Kier molecular flexibility index (Phi) is 3.90. The van der Waals surface area contributed by atoms with Crippen LogP contribution in [0.5, 0.6) is 0 Å². The van der Waals surface area contributed by atoms with Gasteiger partial charge in [0.1, 0.15) is 5.82 Å². The van der Waals surface area contributed by atoms with Crippen LogP contribution in [0.15, 0.2) is 34.8 Å². The summed E-state index contributed by atoms with van der Waals surface area (Å²) in [6.07, 6.45) is 3.26. The number of hydrogen-bond donors (Lipinski definition) is 1. The third-order valence-corrected chi connectivity index (χ3v) is 9.65. The molecule has 30 heavy (non-hydrogen) atoms. The first kappa shape index (κ1) is 19.3. The van der Waals surface area contributed by atoms with Crippen molar-refractivity contribution in [2.24, 2.45) is 5.92 Å². The molecule has 4 nitrogen and oxygen atoms in total. The van der Waals surface area contributed by atoms with Gasteiger partial charge in [-0.05, 0) is 80.0 Å². The molecule has 0 aromatic heterocycles. The molecule has 3 aliphatic carbocycles. The number of nitrogens with one attached hydrogen (secondary N) is 1. The third kappa shape index (κ3) is 2.37. The van der Waals surface area contributed by atoms with Crippen LogP contribution in [0.25, 0.3) is 0 Å². The van der Waals surface area contributed by atoms with Gasteiger partial charge in [-0.2, -0.15) is 0 Å². The topological polar surface area (TPSA) is 49.4 Å². The van der Waals surface area contributed by atoms with E-state index in [0.717, 1.165) is 27.6 Å². The molecule has 3 unspecified atom stereocenters. The molecule has 0 radical (unpaired) electrons. The highest BCUT2D eigenvalue weighted by molar-refractivity contribution is 9.10. The summed E-state index contributed by atoms with van der Waals surface area (Å²) in [6, 6.07) is 9.65. The number of sulfonamides is 1. The SMILES string of the molecule is CCS(=O)(=O)Nc1ccc2c(c1)CC(C)N1C2c2c(F)cc(Br)cc2C2C3CC21C3. The van der Waals surface area contributed by atoms with Crippen LogP contribution in [0.4, 0.5) is 10.1 Å². The molecular formula is C23H24BrFN2O2S. The van der Waals surface area contributed by atoms with Crippen molar-refractivity contribution in [3.05, 3.63) is 62.9 Å². The molecule has 7 heteroatoms. The van der Waals surface area contributed by atoms with Crippen LogP contribution in [0.3, 0.4) is 0 Å². The lowest BCUT2D eigenvalue weighted by Crippen LogP contribution is -2.78. The molecule has 5 aliphatic rings. The zero-order valence-electron chi connectivity index (χ0n) is 17.0. The summed E-state index contributed by atoms with van der Waals surface area (Å²) < 4.78 is 42.9. The van der Waals surface area contributed by atoms with Crippen LogP contribution >= 0.6 is 15.9 Å². The molecule has 0 saturated heterocycles. The molecule has 3 saturated carbocycles. The second-order valence-corrected chi connectivity index (χ2v) is 12.3. The Bertz CT molecular complexity index is 1190. The van der Waals surface area contributed by atoms with Crippen molar-refractivity contribution in [2.45, 2.75) is 56.7 Å². The summed E-state index contributed by atoms with van der Waals surface area (Å²) in [7, 11) is -3.33. The van der Waals surface area contributed by atoms with Crippen molar-refractivity contribution < 1.29 is 12.8 Å². The van der Waals surface area contributed by atoms with Gasteiger partial charge in [-0.25, -0.2) is 12.8 Å². The Morgan fingerprint density at radius 2 is 2.00 bits per heavy atom. The monoisotopic (exact) mass is 490 g/mol. The molecule has 1 N–H and O–H groups in total. The lowest BCUT2D eigenvalue weighted by atomic mass is 9.37. The molecule has 2 aromatic carbocycles. The van der Waals surface area contributed by atoms with Crippen LogP contribution in [0, 0.1) is 11.7 Å². The van der Waals surface area contributed by atoms with Crippen molar-refractivity contribution in [1.82, 2.24) is 4.90 Å². The standard InChI is InChI=1S/C23H24BrFN2O2S/c1-3-30(28,29)26-16-4-5-17-13(7-16)6-12(2)27-22(17)20-18(8-15(24)9-19(20)25)21-14-10-23(21,27)11-14/h4-5,7-9,12,14,21-22,26H,3,6,10-11H2,1-2H3. The largest absolute Gasteiger partial charge is 0.284 e. The fourth-order valence-electron chi connectivity index (χ4n) is 6.70. The summed E-state index contributed by atoms with van der Waals surface area (Å²) in [6.45, 7) is 3.86. The number of halogens is 2. The van der Waals surface area contributed by atoms with E-state index >= 15 is 4.39 Å². The molecule has 1 spiro atoms. The molecule has 0 amide bonds. The average Bonchev–Trinajstić information content (AvgIpc) is 2.60. The number of nitrogens with zero attached hydrogens (tertiary/aromatic N) is 1. The van der Waals surface area contributed by atoms with E-state index < -0.39 is 10.0 Å². The minimum atomic E-state index is -3.33. The van der Waals surface area contributed by atoms with E-state index in [1.165, 1.54) is 18.4 Å². The van der Waals surface area contributed by atoms with Crippen LogP contribution in [0.1, 0.15) is 60.9 Å². The van der Waals surface area contributed by atoms with Crippen LogP contribution in [0.2, 0.25) is 0 Å². The van der Waals surface area contributed by atoms with E-state index in [0.29, 0.717) is 17.5 Å². The first-order valence-electron chi connectivity index (χ1n) is 10.6. The third-order valence-electron chi connectivity index (χ3n) is 7.89. The Hall–Kier alpha value is -1.44. The van der Waals surface area contributed by atoms with Gasteiger partial charge in [0, 0.05) is 33.2 Å². The van der Waals surface area contributed by atoms with Gasteiger partial charge in [-0.3, -0.25) is 9.62 Å². The van der Waals surface area contributed by atoms with Gasteiger partial charge < -0.3 is 0 Å². The van der Waals surface area contributed by atoms with E-state index in [9.17, 15) is 8.42 Å². The van der Waals surface area contributed by atoms with Gasteiger partial charge in [0.15, 0.2) is 0 Å². The maximum absolute atomic E-state index is 15.4. The fourth-order valence-corrected chi connectivity index (χ4v) is 7.77. The first-order valence-corrected chi connectivity index (χ1v) is 13.1. The molecule has 2 aliphatic heterocycles. The van der Waals surface area contributed by atoms with Gasteiger partial charge in [0.25, 0.3) is 0 Å². The lowest BCUT2D eigenvalue weighted by Gasteiger charge is -2.77. The average molecular weight is 491 g/mol.